The van der Waals surface area contributed by atoms with Crippen molar-refractivity contribution in [3.8, 4) is 5.75 Å². The molecule has 5 nitrogen and oxygen atoms in total. The number of amides is 1. The maximum absolute atomic E-state index is 12.0. The molecular formula is C15H19NO4. The minimum Gasteiger partial charge on any atom is -0.490 e. The molecule has 20 heavy (non-hydrogen) atoms. The standard InChI is InChI=1S/C15H19NO4/c1-4-9-20-12-7-5-11(6-8-12)14(17)16-13(10(2)3)15(18)19/h4-8,10,13H,1,9H2,2-3H3,(H,16,17)(H,18,19)/t13-/m0/s1. The van der Waals surface area contributed by atoms with Gasteiger partial charge in [0, 0.05) is 5.56 Å². The molecule has 0 aliphatic heterocycles. The molecule has 0 radical (unpaired) electrons. The van der Waals surface area contributed by atoms with E-state index in [-0.39, 0.29) is 5.92 Å². The summed E-state index contributed by atoms with van der Waals surface area (Å²) in [6.07, 6.45) is 1.63. The van der Waals surface area contributed by atoms with Gasteiger partial charge in [-0.3, -0.25) is 4.79 Å². The van der Waals surface area contributed by atoms with Crippen LogP contribution in [-0.2, 0) is 4.79 Å². The zero-order chi connectivity index (χ0) is 15.1. The van der Waals surface area contributed by atoms with Gasteiger partial charge >= 0.3 is 5.97 Å². The summed E-state index contributed by atoms with van der Waals surface area (Å²) in [5, 5.41) is 11.5. The fourth-order valence-electron chi connectivity index (χ4n) is 1.60. The summed E-state index contributed by atoms with van der Waals surface area (Å²) < 4.78 is 5.30. The van der Waals surface area contributed by atoms with E-state index in [1.54, 1.807) is 44.2 Å². The molecule has 0 spiro atoms. The van der Waals surface area contributed by atoms with Gasteiger partial charge in [-0.2, -0.15) is 0 Å². The summed E-state index contributed by atoms with van der Waals surface area (Å²) in [6.45, 7) is 7.41. The van der Waals surface area contributed by atoms with E-state index in [4.69, 9.17) is 9.84 Å². The fourth-order valence-corrected chi connectivity index (χ4v) is 1.60. The molecule has 0 aliphatic carbocycles. The van der Waals surface area contributed by atoms with E-state index < -0.39 is 17.9 Å². The predicted octanol–water partition coefficient (Wildman–Crippen LogP) is 2.09. The number of carbonyl (C=O) groups excluding carboxylic acids is 1. The van der Waals surface area contributed by atoms with Crippen molar-refractivity contribution >= 4 is 11.9 Å². The van der Waals surface area contributed by atoms with Crippen molar-refractivity contribution in [2.24, 2.45) is 5.92 Å². The van der Waals surface area contributed by atoms with Crippen LogP contribution < -0.4 is 10.1 Å². The van der Waals surface area contributed by atoms with Crippen LogP contribution in [0.4, 0.5) is 0 Å². The van der Waals surface area contributed by atoms with Gasteiger partial charge in [0.1, 0.15) is 18.4 Å². The molecule has 0 saturated heterocycles. The molecule has 0 aromatic heterocycles. The summed E-state index contributed by atoms with van der Waals surface area (Å²) >= 11 is 0. The summed E-state index contributed by atoms with van der Waals surface area (Å²) in [6, 6.07) is 5.59. The smallest absolute Gasteiger partial charge is 0.326 e. The SMILES string of the molecule is C=CCOc1ccc(C(=O)N[C@H](C(=O)O)C(C)C)cc1. The third-order valence-corrected chi connectivity index (χ3v) is 2.70. The molecule has 1 aromatic carbocycles. The Morgan fingerprint density at radius 3 is 2.40 bits per heavy atom. The molecule has 0 aliphatic rings. The van der Waals surface area contributed by atoms with E-state index in [9.17, 15) is 9.59 Å². The van der Waals surface area contributed by atoms with Crippen molar-refractivity contribution in [3.05, 3.63) is 42.5 Å². The summed E-state index contributed by atoms with van der Waals surface area (Å²) in [4.78, 5) is 23.0. The second-order valence-electron chi connectivity index (χ2n) is 4.66. The van der Waals surface area contributed by atoms with Crippen LogP contribution in [0.25, 0.3) is 0 Å². The highest BCUT2D eigenvalue weighted by Crippen LogP contribution is 2.13. The van der Waals surface area contributed by atoms with Gasteiger partial charge in [0.15, 0.2) is 0 Å². The normalized spacial score (nSPS) is 11.8. The number of rotatable bonds is 7. The van der Waals surface area contributed by atoms with Gasteiger partial charge in [-0.15, -0.1) is 0 Å². The van der Waals surface area contributed by atoms with Crippen LogP contribution in [0, 0.1) is 5.92 Å². The van der Waals surface area contributed by atoms with Gasteiger partial charge in [0.2, 0.25) is 0 Å². The third-order valence-electron chi connectivity index (χ3n) is 2.70. The number of nitrogens with one attached hydrogen (secondary N) is 1. The van der Waals surface area contributed by atoms with Crippen molar-refractivity contribution in [3.63, 3.8) is 0 Å². The predicted molar refractivity (Wildman–Crippen MR) is 75.9 cm³/mol. The first-order valence-electron chi connectivity index (χ1n) is 6.33. The number of aliphatic carboxylic acids is 1. The molecule has 0 fully saturated rings. The van der Waals surface area contributed by atoms with Crippen molar-refractivity contribution in [1.29, 1.82) is 0 Å². The van der Waals surface area contributed by atoms with Crippen LogP contribution in [0.1, 0.15) is 24.2 Å². The number of hydrogen-bond donors (Lipinski definition) is 2. The second kappa shape index (κ2) is 7.33. The number of ether oxygens (including phenoxy) is 1. The van der Waals surface area contributed by atoms with E-state index in [1.807, 2.05) is 0 Å². The van der Waals surface area contributed by atoms with Crippen LogP contribution in [0.2, 0.25) is 0 Å². The molecule has 0 saturated carbocycles. The lowest BCUT2D eigenvalue weighted by atomic mass is 10.0. The van der Waals surface area contributed by atoms with Gasteiger partial charge in [-0.05, 0) is 30.2 Å². The first kappa shape index (κ1) is 15.8. The lowest BCUT2D eigenvalue weighted by molar-refractivity contribution is -0.140. The Labute approximate surface area is 118 Å². The molecule has 0 unspecified atom stereocenters. The number of carboxylic acids is 1. The van der Waals surface area contributed by atoms with Gasteiger partial charge in [-0.25, -0.2) is 4.79 Å². The second-order valence-corrected chi connectivity index (χ2v) is 4.66. The summed E-state index contributed by atoms with van der Waals surface area (Å²) in [5.74, 6) is -1.02. The van der Waals surface area contributed by atoms with Crippen LogP contribution >= 0.6 is 0 Å². The van der Waals surface area contributed by atoms with Gasteiger partial charge < -0.3 is 15.2 Å². The average molecular weight is 277 g/mol. The first-order chi connectivity index (χ1) is 9.45. The van der Waals surface area contributed by atoms with E-state index in [2.05, 4.69) is 11.9 Å². The minimum atomic E-state index is -1.04. The highest BCUT2D eigenvalue weighted by atomic mass is 16.5. The van der Waals surface area contributed by atoms with Crippen molar-refractivity contribution in [2.75, 3.05) is 6.61 Å². The van der Waals surface area contributed by atoms with Crippen molar-refractivity contribution in [1.82, 2.24) is 5.32 Å². The van der Waals surface area contributed by atoms with Crippen molar-refractivity contribution in [2.45, 2.75) is 19.9 Å². The number of carboxylic acid groups (broad SMARTS) is 1. The molecule has 5 heteroatoms. The van der Waals surface area contributed by atoms with E-state index in [0.29, 0.717) is 17.9 Å². The Kier molecular flexibility index (Phi) is 5.77. The maximum Gasteiger partial charge on any atom is 0.326 e. The quantitative estimate of drug-likeness (QED) is 0.748. The van der Waals surface area contributed by atoms with Gasteiger partial charge in [0.25, 0.3) is 5.91 Å². The van der Waals surface area contributed by atoms with Gasteiger partial charge in [0.05, 0.1) is 0 Å². The molecule has 1 atom stereocenters. The number of benzene rings is 1. The summed E-state index contributed by atoms with van der Waals surface area (Å²) in [5.41, 5.74) is 0.392. The molecule has 0 bridgehead atoms. The fraction of sp³-hybridized carbons (Fsp3) is 0.333. The highest BCUT2D eigenvalue weighted by Gasteiger charge is 2.23. The lowest BCUT2D eigenvalue weighted by Crippen LogP contribution is -2.44. The number of hydrogen-bond acceptors (Lipinski definition) is 3. The Hall–Kier alpha value is -2.30. The highest BCUT2D eigenvalue weighted by molar-refractivity contribution is 5.96. The molecule has 108 valence electrons. The summed E-state index contributed by atoms with van der Waals surface area (Å²) in [7, 11) is 0. The molecule has 2 N–H and O–H groups in total. The zero-order valence-electron chi connectivity index (χ0n) is 11.6. The Bertz CT molecular complexity index is 479. The van der Waals surface area contributed by atoms with E-state index >= 15 is 0 Å². The van der Waals surface area contributed by atoms with Crippen LogP contribution in [0.3, 0.4) is 0 Å². The molecule has 1 amide bonds. The average Bonchev–Trinajstić information content (AvgIpc) is 2.42. The maximum atomic E-state index is 12.0. The molecule has 1 rings (SSSR count). The third kappa shape index (κ3) is 4.42. The number of carbonyl (C=O) groups is 2. The molecule has 0 heterocycles. The minimum absolute atomic E-state index is 0.188. The monoisotopic (exact) mass is 277 g/mol. The van der Waals surface area contributed by atoms with Crippen LogP contribution in [-0.4, -0.2) is 29.6 Å². The lowest BCUT2D eigenvalue weighted by Gasteiger charge is -2.17. The Morgan fingerprint density at radius 2 is 1.95 bits per heavy atom. The first-order valence-corrected chi connectivity index (χ1v) is 6.33. The Morgan fingerprint density at radius 1 is 1.35 bits per heavy atom. The Balaban J connectivity index is 2.72. The largest absolute Gasteiger partial charge is 0.490 e. The van der Waals surface area contributed by atoms with Crippen LogP contribution in [0.5, 0.6) is 5.75 Å². The topological polar surface area (TPSA) is 75.6 Å². The molecule has 1 aromatic rings. The van der Waals surface area contributed by atoms with Gasteiger partial charge in [-0.1, -0.05) is 26.5 Å². The van der Waals surface area contributed by atoms with E-state index in [0.717, 1.165) is 0 Å². The van der Waals surface area contributed by atoms with Crippen molar-refractivity contribution < 1.29 is 19.4 Å². The molecular weight excluding hydrogens is 258 g/mol. The zero-order valence-corrected chi connectivity index (χ0v) is 11.6. The van der Waals surface area contributed by atoms with E-state index in [1.165, 1.54) is 0 Å². The van der Waals surface area contributed by atoms with Crippen LogP contribution in [0.15, 0.2) is 36.9 Å².